The maximum Gasteiger partial charge on any atom is 0.417 e. The van der Waals surface area contributed by atoms with Crippen LogP contribution in [0.3, 0.4) is 0 Å². The summed E-state index contributed by atoms with van der Waals surface area (Å²) in [5, 5.41) is 12.3. The number of anilines is 1. The first kappa shape index (κ1) is 13.0. The topological polar surface area (TPSA) is 58.6 Å². The maximum absolute atomic E-state index is 11.7. The minimum atomic E-state index is -0.634. The lowest BCUT2D eigenvalue weighted by atomic mass is 10.1. The Balaban J connectivity index is 2.09. The zero-order chi connectivity index (χ0) is 13.8. The lowest BCUT2D eigenvalue weighted by Gasteiger charge is -2.10. The van der Waals surface area contributed by atoms with Gasteiger partial charge in [-0.3, -0.25) is 5.32 Å². The molecule has 1 amide bonds. The van der Waals surface area contributed by atoms with Gasteiger partial charge in [-0.05, 0) is 49.2 Å². The highest BCUT2D eigenvalue weighted by Crippen LogP contribution is 2.27. The summed E-state index contributed by atoms with van der Waals surface area (Å²) in [6.07, 6.45) is -0.634. The molecule has 2 N–H and O–H groups in total. The van der Waals surface area contributed by atoms with Gasteiger partial charge in [-0.2, -0.15) is 0 Å². The van der Waals surface area contributed by atoms with Crippen LogP contribution in [0.1, 0.15) is 11.1 Å². The summed E-state index contributed by atoms with van der Waals surface area (Å²) in [6.45, 7) is 3.80. The Morgan fingerprint density at radius 2 is 1.74 bits per heavy atom. The third-order valence-corrected chi connectivity index (χ3v) is 2.80. The van der Waals surface area contributed by atoms with Crippen LogP contribution in [-0.2, 0) is 0 Å². The minimum absolute atomic E-state index is 0.0214. The van der Waals surface area contributed by atoms with E-state index in [1.807, 2.05) is 19.9 Å². The highest BCUT2D eigenvalue weighted by molar-refractivity contribution is 5.88. The predicted molar refractivity (Wildman–Crippen MR) is 73.7 cm³/mol. The van der Waals surface area contributed by atoms with Gasteiger partial charge in [0.05, 0.1) is 5.69 Å². The van der Waals surface area contributed by atoms with Gasteiger partial charge in [0.1, 0.15) is 11.5 Å². The molecule has 0 heterocycles. The van der Waals surface area contributed by atoms with Gasteiger partial charge in [0.25, 0.3) is 0 Å². The van der Waals surface area contributed by atoms with E-state index in [4.69, 9.17) is 4.74 Å². The lowest BCUT2D eigenvalue weighted by molar-refractivity contribution is 0.215. The molecule has 0 unspecified atom stereocenters. The van der Waals surface area contributed by atoms with Crippen LogP contribution in [-0.4, -0.2) is 11.2 Å². The van der Waals surface area contributed by atoms with Crippen molar-refractivity contribution in [1.82, 2.24) is 0 Å². The average Bonchev–Trinajstić information content (AvgIpc) is 2.37. The summed E-state index contributed by atoms with van der Waals surface area (Å²) in [5.74, 6) is 0.469. The van der Waals surface area contributed by atoms with Crippen LogP contribution >= 0.6 is 0 Å². The predicted octanol–water partition coefficient (Wildman–Crippen LogP) is 3.62. The van der Waals surface area contributed by atoms with Crippen molar-refractivity contribution in [3.05, 3.63) is 53.6 Å². The monoisotopic (exact) mass is 257 g/mol. The van der Waals surface area contributed by atoms with Crippen molar-refractivity contribution in [1.29, 1.82) is 0 Å². The second-order valence-corrected chi connectivity index (χ2v) is 4.28. The third kappa shape index (κ3) is 3.25. The molecule has 0 aliphatic rings. The van der Waals surface area contributed by atoms with Gasteiger partial charge in [-0.15, -0.1) is 0 Å². The number of amides is 1. The molecule has 0 aromatic heterocycles. The molecule has 0 atom stereocenters. The molecular weight excluding hydrogens is 242 g/mol. The van der Waals surface area contributed by atoms with E-state index in [1.54, 1.807) is 36.4 Å². The van der Waals surface area contributed by atoms with Crippen LogP contribution in [0.25, 0.3) is 0 Å². The zero-order valence-electron chi connectivity index (χ0n) is 10.8. The van der Waals surface area contributed by atoms with Gasteiger partial charge < -0.3 is 9.84 Å². The van der Waals surface area contributed by atoms with E-state index in [-0.39, 0.29) is 5.75 Å². The van der Waals surface area contributed by atoms with Crippen molar-refractivity contribution in [2.24, 2.45) is 0 Å². The molecule has 2 rings (SSSR count). The number of hydrogen-bond acceptors (Lipinski definition) is 3. The highest BCUT2D eigenvalue weighted by Gasteiger charge is 2.09. The third-order valence-electron chi connectivity index (χ3n) is 2.80. The maximum atomic E-state index is 11.7. The van der Waals surface area contributed by atoms with Crippen molar-refractivity contribution in [3.8, 4) is 11.5 Å². The number of phenols is 1. The van der Waals surface area contributed by atoms with E-state index < -0.39 is 6.09 Å². The normalized spacial score (nSPS) is 10.0. The molecule has 0 saturated heterocycles. The van der Waals surface area contributed by atoms with Crippen molar-refractivity contribution in [2.75, 3.05) is 5.32 Å². The number of phenolic OH excluding ortho intramolecular Hbond substituents is 1. The number of aryl methyl sites for hydroxylation is 2. The number of carbonyl (C=O) groups excluding carboxylic acids is 1. The van der Waals surface area contributed by atoms with Crippen molar-refractivity contribution in [2.45, 2.75) is 13.8 Å². The molecule has 4 heteroatoms. The number of rotatable bonds is 2. The summed E-state index contributed by atoms with van der Waals surface area (Å²) in [7, 11) is 0. The van der Waals surface area contributed by atoms with E-state index >= 15 is 0 Å². The fraction of sp³-hybridized carbons (Fsp3) is 0.133. The first-order chi connectivity index (χ1) is 9.06. The number of carbonyl (C=O) groups is 1. The van der Waals surface area contributed by atoms with Gasteiger partial charge in [0, 0.05) is 0 Å². The van der Waals surface area contributed by atoms with Crippen molar-refractivity contribution in [3.63, 3.8) is 0 Å². The van der Waals surface area contributed by atoms with E-state index in [9.17, 15) is 9.90 Å². The van der Waals surface area contributed by atoms with Crippen LogP contribution in [0.5, 0.6) is 11.5 Å². The Morgan fingerprint density at radius 1 is 1.11 bits per heavy atom. The standard InChI is InChI=1S/C15H15NO3/c1-10-8-13(14(17)9-11(10)2)16-15(18)19-12-6-4-3-5-7-12/h3-9,17H,1-2H3,(H,16,18). The number of nitrogens with one attached hydrogen (secondary N) is 1. The Bertz CT molecular complexity index is 594. The number of benzene rings is 2. The quantitative estimate of drug-likeness (QED) is 0.808. The fourth-order valence-corrected chi connectivity index (χ4v) is 1.63. The second kappa shape index (κ2) is 5.44. The van der Waals surface area contributed by atoms with Gasteiger partial charge in [-0.25, -0.2) is 4.79 Å². The molecular formula is C15H15NO3. The van der Waals surface area contributed by atoms with Crippen LogP contribution in [0.4, 0.5) is 10.5 Å². The van der Waals surface area contributed by atoms with E-state index in [1.165, 1.54) is 0 Å². The zero-order valence-corrected chi connectivity index (χ0v) is 10.8. The molecule has 0 spiro atoms. The van der Waals surface area contributed by atoms with E-state index in [0.29, 0.717) is 11.4 Å². The van der Waals surface area contributed by atoms with Gasteiger partial charge >= 0.3 is 6.09 Å². The Kier molecular flexibility index (Phi) is 3.71. The van der Waals surface area contributed by atoms with Gasteiger partial charge in [0.15, 0.2) is 0 Å². The fourth-order valence-electron chi connectivity index (χ4n) is 1.63. The lowest BCUT2D eigenvalue weighted by Crippen LogP contribution is -2.16. The van der Waals surface area contributed by atoms with Gasteiger partial charge in [0.2, 0.25) is 0 Å². The first-order valence-corrected chi connectivity index (χ1v) is 5.90. The number of ether oxygens (including phenoxy) is 1. The summed E-state index contributed by atoms with van der Waals surface area (Å²) in [4.78, 5) is 11.7. The van der Waals surface area contributed by atoms with Gasteiger partial charge in [-0.1, -0.05) is 18.2 Å². The van der Waals surface area contributed by atoms with E-state index in [0.717, 1.165) is 11.1 Å². The summed E-state index contributed by atoms with van der Waals surface area (Å²) < 4.78 is 5.08. The molecule has 4 nitrogen and oxygen atoms in total. The minimum Gasteiger partial charge on any atom is -0.506 e. The smallest absolute Gasteiger partial charge is 0.417 e. The van der Waals surface area contributed by atoms with Crippen LogP contribution in [0, 0.1) is 13.8 Å². The Labute approximate surface area is 111 Å². The molecule has 0 aliphatic heterocycles. The molecule has 0 bridgehead atoms. The molecule has 19 heavy (non-hydrogen) atoms. The van der Waals surface area contributed by atoms with Crippen LogP contribution < -0.4 is 10.1 Å². The molecule has 0 aliphatic carbocycles. The average molecular weight is 257 g/mol. The molecule has 0 fully saturated rings. The SMILES string of the molecule is Cc1cc(O)c(NC(=O)Oc2ccccc2)cc1C. The van der Waals surface area contributed by atoms with Crippen LogP contribution in [0.2, 0.25) is 0 Å². The summed E-state index contributed by atoms with van der Waals surface area (Å²) >= 11 is 0. The number of aromatic hydroxyl groups is 1. The molecule has 98 valence electrons. The van der Waals surface area contributed by atoms with E-state index in [2.05, 4.69) is 5.32 Å². The number of hydrogen-bond donors (Lipinski definition) is 2. The van der Waals surface area contributed by atoms with Crippen molar-refractivity contribution >= 4 is 11.8 Å². The van der Waals surface area contributed by atoms with Crippen molar-refractivity contribution < 1.29 is 14.6 Å². The molecule has 0 radical (unpaired) electrons. The molecule has 0 saturated carbocycles. The second-order valence-electron chi connectivity index (χ2n) is 4.28. The highest BCUT2D eigenvalue weighted by atomic mass is 16.6. The summed E-state index contributed by atoms with van der Waals surface area (Å²) in [6, 6.07) is 12.1. The number of para-hydroxylation sites is 1. The molecule has 2 aromatic rings. The Hall–Kier alpha value is -2.49. The molecule has 2 aromatic carbocycles. The van der Waals surface area contributed by atoms with Crippen LogP contribution in [0.15, 0.2) is 42.5 Å². The largest absolute Gasteiger partial charge is 0.506 e. The first-order valence-electron chi connectivity index (χ1n) is 5.90. The summed E-state index contributed by atoms with van der Waals surface area (Å²) in [5.41, 5.74) is 2.27. The Morgan fingerprint density at radius 3 is 2.42 bits per heavy atom.